The molecule has 0 bridgehead atoms. The second-order valence-electron chi connectivity index (χ2n) is 9.62. The summed E-state index contributed by atoms with van der Waals surface area (Å²) in [5.41, 5.74) is 4.70. The summed E-state index contributed by atoms with van der Waals surface area (Å²) in [5.74, 6) is 0.0520. The molecule has 2 heterocycles. The van der Waals surface area contributed by atoms with Crippen LogP contribution in [0.4, 0.5) is 0 Å². The molecule has 2 aliphatic heterocycles. The van der Waals surface area contributed by atoms with E-state index in [-0.39, 0.29) is 35.9 Å². The van der Waals surface area contributed by atoms with Gasteiger partial charge in [0.05, 0.1) is 13.5 Å². The first-order valence-electron chi connectivity index (χ1n) is 13.1. The van der Waals surface area contributed by atoms with Gasteiger partial charge in [-0.2, -0.15) is 0 Å². The first-order valence-corrected chi connectivity index (χ1v) is 15.3. The van der Waals surface area contributed by atoms with Crippen LogP contribution in [0.3, 0.4) is 0 Å². The highest BCUT2D eigenvalue weighted by atomic mass is 79.9. The maximum Gasteiger partial charge on any atom is 0.355 e. The van der Waals surface area contributed by atoms with Gasteiger partial charge in [-0.3, -0.25) is 14.5 Å². The molecule has 1 unspecified atom stereocenters. The van der Waals surface area contributed by atoms with E-state index in [2.05, 4.69) is 21.2 Å². The molecular weight excluding hydrogens is 604 g/mol. The van der Waals surface area contributed by atoms with Crippen LogP contribution in [0.1, 0.15) is 22.3 Å². The lowest BCUT2D eigenvalue weighted by molar-refractivity contribution is -0.153. The van der Waals surface area contributed by atoms with Crippen molar-refractivity contribution in [1.29, 1.82) is 0 Å². The van der Waals surface area contributed by atoms with Crippen LogP contribution in [-0.2, 0) is 37.5 Å². The zero-order valence-corrected chi connectivity index (χ0v) is 24.8. The van der Waals surface area contributed by atoms with E-state index in [1.807, 2.05) is 78.9 Å². The summed E-state index contributed by atoms with van der Waals surface area (Å²) in [6.45, 7) is 0.0500. The topological polar surface area (TPSA) is 84.9 Å². The summed E-state index contributed by atoms with van der Waals surface area (Å²) < 4.78 is 10.9. The average Bonchev–Trinajstić information content (AvgIpc) is 3.02. The highest BCUT2D eigenvalue weighted by Gasteiger charge is 2.54. The van der Waals surface area contributed by atoms with Gasteiger partial charge >= 0.3 is 5.97 Å². The lowest BCUT2D eigenvalue weighted by Gasteiger charge is -2.49. The van der Waals surface area contributed by atoms with Crippen molar-refractivity contribution in [2.45, 2.75) is 29.8 Å². The quantitative estimate of drug-likeness (QED) is 0.187. The maximum absolute atomic E-state index is 13.5. The number of nitrogens with zero attached hydrogens (tertiary/aromatic N) is 1. The van der Waals surface area contributed by atoms with Gasteiger partial charge in [0, 0.05) is 11.1 Å². The number of methoxy groups -OCH3 is 1. The third kappa shape index (κ3) is 6.74. The largest absolute Gasteiger partial charge is 0.497 e. The van der Waals surface area contributed by atoms with Crippen molar-refractivity contribution in [1.82, 2.24) is 10.2 Å². The highest BCUT2D eigenvalue weighted by molar-refractivity contribution is 9.08. The fourth-order valence-corrected chi connectivity index (χ4v) is 6.31. The predicted octanol–water partition coefficient (Wildman–Crippen LogP) is 5.24. The van der Waals surface area contributed by atoms with Crippen LogP contribution in [0, 0.1) is 0 Å². The van der Waals surface area contributed by atoms with Gasteiger partial charge in [-0.1, -0.05) is 94.8 Å². The number of hydrogen-bond acceptors (Lipinski definition) is 6. The van der Waals surface area contributed by atoms with Gasteiger partial charge in [0.1, 0.15) is 29.5 Å². The predicted molar refractivity (Wildman–Crippen MR) is 163 cm³/mol. The molecule has 2 atom stereocenters. The van der Waals surface area contributed by atoms with Gasteiger partial charge in [0.15, 0.2) is 0 Å². The van der Waals surface area contributed by atoms with E-state index >= 15 is 0 Å². The van der Waals surface area contributed by atoms with Crippen LogP contribution in [-0.4, -0.2) is 47.0 Å². The molecule has 0 radical (unpaired) electrons. The summed E-state index contributed by atoms with van der Waals surface area (Å²) in [7, 11) is 1.59. The molecule has 9 heteroatoms. The summed E-state index contributed by atoms with van der Waals surface area (Å²) in [6.07, 6.45) is 3.97. The van der Waals surface area contributed by atoms with Crippen molar-refractivity contribution < 1.29 is 23.9 Å². The average molecular weight is 634 g/mol. The van der Waals surface area contributed by atoms with Crippen LogP contribution in [0.25, 0.3) is 6.08 Å². The Bertz CT molecular complexity index is 1470. The molecular formula is C32H29BrN2O5S. The molecule has 0 aliphatic carbocycles. The molecule has 210 valence electrons. The number of carbonyl (C=O) groups excluding carboxylic acids is 3. The van der Waals surface area contributed by atoms with Crippen LogP contribution in [0.2, 0.25) is 0 Å². The molecule has 0 spiro atoms. The number of amides is 2. The number of allylic oxidation sites excluding steroid dienone is 1. The van der Waals surface area contributed by atoms with Gasteiger partial charge in [-0.15, -0.1) is 11.8 Å². The third-order valence-electron chi connectivity index (χ3n) is 6.86. The Hall–Kier alpha value is -3.82. The number of carbonyl (C=O) groups is 3. The summed E-state index contributed by atoms with van der Waals surface area (Å²) in [4.78, 5) is 41.0. The van der Waals surface area contributed by atoms with Crippen molar-refractivity contribution >= 4 is 51.6 Å². The zero-order valence-electron chi connectivity index (χ0n) is 22.4. The van der Waals surface area contributed by atoms with Gasteiger partial charge in [0.25, 0.3) is 5.91 Å². The monoisotopic (exact) mass is 632 g/mol. The number of esters is 1. The Morgan fingerprint density at radius 3 is 2.37 bits per heavy atom. The molecule has 0 saturated carbocycles. The number of benzene rings is 3. The van der Waals surface area contributed by atoms with E-state index in [0.717, 1.165) is 27.6 Å². The molecule has 2 amide bonds. The van der Waals surface area contributed by atoms with Crippen LogP contribution >= 0.6 is 27.7 Å². The Balaban J connectivity index is 1.34. The maximum atomic E-state index is 13.5. The Morgan fingerprint density at radius 1 is 0.976 bits per heavy atom. The van der Waals surface area contributed by atoms with Crippen molar-refractivity contribution in [2.75, 3.05) is 12.9 Å². The normalized spacial score (nSPS) is 18.1. The summed E-state index contributed by atoms with van der Waals surface area (Å²) in [6, 6.07) is 24.0. The van der Waals surface area contributed by atoms with Crippen LogP contribution in [0.5, 0.6) is 5.75 Å². The molecule has 3 aromatic carbocycles. The molecule has 0 aromatic heterocycles. The smallest absolute Gasteiger partial charge is 0.355 e. The number of β-lactam (4-membered cyclic amide) rings is 1. The lowest BCUT2D eigenvalue weighted by atomic mass is 10.0. The molecule has 41 heavy (non-hydrogen) atoms. The summed E-state index contributed by atoms with van der Waals surface area (Å²) >= 11 is 4.97. The minimum absolute atomic E-state index is 0.0500. The van der Waals surface area contributed by atoms with Crippen molar-refractivity contribution in [2.24, 2.45) is 0 Å². The van der Waals surface area contributed by atoms with E-state index in [1.165, 1.54) is 16.7 Å². The fraction of sp³-hybridized carbons (Fsp3) is 0.219. The minimum Gasteiger partial charge on any atom is -0.497 e. The number of ether oxygens (including phenoxy) is 2. The van der Waals surface area contributed by atoms with Crippen molar-refractivity contribution in [3.05, 3.63) is 118 Å². The second-order valence-corrected chi connectivity index (χ2v) is 11.3. The van der Waals surface area contributed by atoms with E-state index in [4.69, 9.17) is 9.47 Å². The van der Waals surface area contributed by atoms with Crippen LogP contribution < -0.4 is 10.1 Å². The summed E-state index contributed by atoms with van der Waals surface area (Å²) in [5, 5.41) is 3.25. The minimum atomic E-state index is -0.706. The number of hydrogen-bond donors (Lipinski definition) is 1. The molecule has 2 aliphatic rings. The molecule has 1 N–H and O–H groups in total. The number of alkyl halides is 1. The van der Waals surface area contributed by atoms with Crippen LogP contribution in [0.15, 0.2) is 96.2 Å². The SMILES string of the molecule is COc1ccc(COC(=O)C2=C(/C=C/c3ccc(CBr)cc3)CSC3[C@H](NC(=O)Cc4ccccc4)C(=O)N23)cc1. The van der Waals surface area contributed by atoms with E-state index < -0.39 is 12.0 Å². The first kappa shape index (κ1) is 28.7. The Labute approximate surface area is 251 Å². The standard InChI is InChI=1S/C32H29BrN2O5S/c1-39-26-15-12-24(13-16-26)19-40-32(38)29-25(14-11-21-7-9-23(18-33)10-8-21)20-41-31-28(30(37)35(29)31)34-27(36)17-22-5-3-2-4-6-22/h2-16,28,31H,17-20H2,1H3,(H,34,36)/b14-11+/t28-,31?/m1/s1. The number of fused-ring (bicyclic) bond motifs is 1. The number of halogens is 1. The molecule has 5 rings (SSSR count). The molecule has 1 saturated heterocycles. The van der Waals surface area contributed by atoms with Gasteiger partial charge in [0.2, 0.25) is 5.91 Å². The van der Waals surface area contributed by atoms with Gasteiger partial charge in [-0.05, 0) is 40.0 Å². The highest BCUT2D eigenvalue weighted by Crippen LogP contribution is 2.41. The fourth-order valence-electron chi connectivity index (χ4n) is 4.62. The van der Waals surface area contributed by atoms with Gasteiger partial charge < -0.3 is 14.8 Å². The first-order chi connectivity index (χ1) is 20.0. The van der Waals surface area contributed by atoms with Crippen molar-refractivity contribution in [3.63, 3.8) is 0 Å². The van der Waals surface area contributed by atoms with E-state index in [1.54, 1.807) is 19.2 Å². The number of nitrogens with one attached hydrogen (secondary N) is 1. The van der Waals surface area contributed by atoms with E-state index in [9.17, 15) is 14.4 Å². The second kappa shape index (κ2) is 13.2. The van der Waals surface area contributed by atoms with Gasteiger partial charge in [-0.25, -0.2) is 4.79 Å². The molecule has 7 nitrogen and oxygen atoms in total. The Morgan fingerprint density at radius 2 is 1.68 bits per heavy atom. The molecule has 1 fully saturated rings. The number of rotatable bonds is 10. The number of thioether (sulfide) groups is 1. The molecule has 3 aromatic rings. The van der Waals surface area contributed by atoms with E-state index in [0.29, 0.717) is 17.1 Å². The zero-order chi connectivity index (χ0) is 28.8. The lowest BCUT2D eigenvalue weighted by Crippen LogP contribution is -2.70. The van der Waals surface area contributed by atoms with Crippen molar-refractivity contribution in [3.8, 4) is 5.75 Å². The third-order valence-corrected chi connectivity index (χ3v) is 8.80. The Kier molecular flexibility index (Phi) is 9.26.